The van der Waals surface area contributed by atoms with Crippen molar-refractivity contribution in [1.82, 2.24) is 0 Å². The molecule has 0 nitrogen and oxygen atoms in total. The van der Waals surface area contributed by atoms with Crippen molar-refractivity contribution in [3.05, 3.63) is 151 Å². The van der Waals surface area contributed by atoms with E-state index in [1.54, 1.807) is 5.19 Å². The lowest BCUT2D eigenvalue weighted by Crippen LogP contribution is -2.43. The van der Waals surface area contributed by atoms with E-state index in [0.717, 1.165) is 6.04 Å². The Labute approximate surface area is 261 Å². The van der Waals surface area contributed by atoms with E-state index in [-0.39, 0.29) is 0 Å². The number of benzene rings is 7. The van der Waals surface area contributed by atoms with E-state index in [4.69, 9.17) is 0 Å². The summed E-state index contributed by atoms with van der Waals surface area (Å²) in [6.07, 6.45) is 9.27. The SMILES string of the molecule is CC1C=CC=CC[Si](C)(C)c2cc3c(-c4ccc5ccccc5c4)c4ccccc4c(-c4ccc5ccccc5c4)c3cc21. The van der Waals surface area contributed by atoms with Crippen molar-refractivity contribution >= 4 is 56.4 Å². The molecule has 7 aromatic carbocycles. The quantitative estimate of drug-likeness (QED) is 0.141. The van der Waals surface area contributed by atoms with Gasteiger partial charge in [0, 0.05) is 0 Å². The monoisotopic (exact) mass is 580 g/mol. The Hall–Kier alpha value is -4.72. The largest absolute Gasteiger partial charge is 0.0869 e. The van der Waals surface area contributed by atoms with E-state index in [9.17, 15) is 0 Å². The normalized spacial score (nSPS) is 16.2. The van der Waals surface area contributed by atoms with Crippen LogP contribution in [-0.4, -0.2) is 8.07 Å². The van der Waals surface area contributed by atoms with Crippen LogP contribution in [0.3, 0.4) is 0 Å². The van der Waals surface area contributed by atoms with Crippen LogP contribution in [0.15, 0.2) is 146 Å². The molecule has 0 amide bonds. The van der Waals surface area contributed by atoms with Crippen molar-refractivity contribution in [2.75, 3.05) is 0 Å². The van der Waals surface area contributed by atoms with Gasteiger partial charge in [-0.1, -0.05) is 159 Å². The maximum Gasteiger partial charge on any atom is 0.0847 e. The summed E-state index contributed by atoms with van der Waals surface area (Å²) in [4.78, 5) is 0. The Balaban J connectivity index is 1.56. The first kappa shape index (κ1) is 26.9. The Morgan fingerprint density at radius 1 is 0.523 bits per heavy atom. The average Bonchev–Trinajstić information content (AvgIpc) is 3.10. The molecule has 8 rings (SSSR count). The fourth-order valence-electron chi connectivity index (χ4n) is 7.40. The second kappa shape index (κ2) is 10.5. The van der Waals surface area contributed by atoms with Crippen molar-refractivity contribution in [3.63, 3.8) is 0 Å². The fourth-order valence-corrected chi connectivity index (χ4v) is 9.96. The molecule has 0 aromatic heterocycles. The third kappa shape index (κ3) is 4.43. The Bertz CT molecular complexity index is 2300. The van der Waals surface area contributed by atoms with Crippen LogP contribution in [0, 0.1) is 0 Å². The molecule has 1 atom stereocenters. The second-order valence-corrected chi connectivity index (χ2v) is 17.8. The summed E-state index contributed by atoms with van der Waals surface area (Å²) in [6, 6.07) is 46.8. The molecule has 0 fully saturated rings. The van der Waals surface area contributed by atoms with E-state index in [0.29, 0.717) is 5.92 Å². The number of fused-ring (bicyclic) bond motifs is 5. The molecule has 1 aliphatic rings. The van der Waals surface area contributed by atoms with Crippen molar-refractivity contribution in [3.8, 4) is 22.3 Å². The molecular weight excluding hydrogens is 545 g/mol. The number of hydrogen-bond acceptors (Lipinski definition) is 0. The highest BCUT2D eigenvalue weighted by Gasteiger charge is 2.29. The molecule has 0 N–H and O–H groups in total. The van der Waals surface area contributed by atoms with Gasteiger partial charge in [0.25, 0.3) is 0 Å². The molecule has 44 heavy (non-hydrogen) atoms. The highest BCUT2D eigenvalue weighted by atomic mass is 28.3. The summed E-state index contributed by atoms with van der Waals surface area (Å²) in [5.41, 5.74) is 6.72. The van der Waals surface area contributed by atoms with E-state index in [2.05, 4.69) is 166 Å². The zero-order valence-electron chi connectivity index (χ0n) is 25.6. The molecule has 7 aromatic rings. The molecule has 0 aliphatic carbocycles. The van der Waals surface area contributed by atoms with Crippen LogP contribution in [0.2, 0.25) is 19.1 Å². The van der Waals surface area contributed by atoms with Gasteiger partial charge < -0.3 is 0 Å². The zero-order chi connectivity index (χ0) is 29.8. The van der Waals surface area contributed by atoms with E-state index >= 15 is 0 Å². The van der Waals surface area contributed by atoms with Gasteiger partial charge >= 0.3 is 0 Å². The minimum absolute atomic E-state index is 0.337. The Morgan fingerprint density at radius 2 is 1.05 bits per heavy atom. The van der Waals surface area contributed by atoms with Crippen LogP contribution < -0.4 is 5.19 Å². The van der Waals surface area contributed by atoms with Crippen molar-refractivity contribution in [2.45, 2.75) is 32.0 Å². The van der Waals surface area contributed by atoms with Gasteiger partial charge in [-0.2, -0.15) is 0 Å². The molecule has 212 valence electrons. The maximum atomic E-state index is 2.61. The van der Waals surface area contributed by atoms with Gasteiger partial charge in [0.15, 0.2) is 0 Å². The summed E-state index contributed by atoms with van der Waals surface area (Å²) < 4.78 is 0. The molecule has 1 aliphatic heterocycles. The van der Waals surface area contributed by atoms with Gasteiger partial charge in [-0.05, 0) is 95.0 Å². The summed E-state index contributed by atoms with van der Waals surface area (Å²) in [5.74, 6) is 0.337. The number of allylic oxidation sites excluding steroid dienone is 4. The molecule has 1 unspecified atom stereocenters. The molecule has 0 saturated heterocycles. The van der Waals surface area contributed by atoms with Gasteiger partial charge in [-0.3, -0.25) is 0 Å². The fraction of sp³-hybridized carbons (Fsp3) is 0.116. The van der Waals surface area contributed by atoms with Gasteiger partial charge in [-0.15, -0.1) is 0 Å². The van der Waals surface area contributed by atoms with Crippen LogP contribution in [0.5, 0.6) is 0 Å². The van der Waals surface area contributed by atoms with Crippen molar-refractivity contribution < 1.29 is 0 Å². The second-order valence-electron chi connectivity index (χ2n) is 13.1. The van der Waals surface area contributed by atoms with E-state index in [1.807, 2.05) is 0 Å². The van der Waals surface area contributed by atoms with Crippen LogP contribution >= 0.6 is 0 Å². The molecule has 0 spiro atoms. The topological polar surface area (TPSA) is 0 Å². The number of hydrogen-bond donors (Lipinski definition) is 0. The molecule has 0 radical (unpaired) electrons. The average molecular weight is 581 g/mol. The Morgan fingerprint density at radius 3 is 1.64 bits per heavy atom. The summed E-state index contributed by atoms with van der Waals surface area (Å²) >= 11 is 0. The Kier molecular flexibility index (Phi) is 6.39. The summed E-state index contributed by atoms with van der Waals surface area (Å²) in [6.45, 7) is 7.45. The molecule has 0 saturated carbocycles. The van der Waals surface area contributed by atoms with Crippen molar-refractivity contribution in [1.29, 1.82) is 0 Å². The van der Waals surface area contributed by atoms with Gasteiger partial charge in [0.05, 0.1) is 8.07 Å². The lowest BCUT2D eigenvalue weighted by molar-refractivity contribution is 0.978. The smallest absolute Gasteiger partial charge is 0.0847 e. The highest BCUT2D eigenvalue weighted by Crippen LogP contribution is 2.45. The van der Waals surface area contributed by atoms with Gasteiger partial charge in [0.1, 0.15) is 0 Å². The molecule has 0 bridgehead atoms. The van der Waals surface area contributed by atoms with Gasteiger partial charge in [0.2, 0.25) is 0 Å². The van der Waals surface area contributed by atoms with Crippen LogP contribution in [0.25, 0.3) is 65.3 Å². The first-order valence-corrected chi connectivity index (χ1v) is 19.0. The van der Waals surface area contributed by atoms with Crippen molar-refractivity contribution in [2.24, 2.45) is 0 Å². The van der Waals surface area contributed by atoms with Gasteiger partial charge in [-0.25, -0.2) is 0 Å². The lowest BCUT2D eigenvalue weighted by atomic mass is 9.83. The van der Waals surface area contributed by atoms with E-state index in [1.165, 1.54) is 70.9 Å². The van der Waals surface area contributed by atoms with Crippen LogP contribution in [0.4, 0.5) is 0 Å². The van der Waals surface area contributed by atoms with Crippen LogP contribution in [-0.2, 0) is 0 Å². The van der Waals surface area contributed by atoms with Crippen LogP contribution in [0.1, 0.15) is 18.4 Å². The standard InChI is InChI=1S/C43H36Si/c1-29-13-5-4-12-24-44(2,3)41-28-40-39(27-38(29)41)42(34-22-20-30-14-6-8-16-32(30)25-34)36-18-10-11-19-37(36)43(40)35-23-21-31-15-7-9-17-33(31)26-35/h4-23,25-29H,24H2,1-3H3. The zero-order valence-corrected chi connectivity index (χ0v) is 26.6. The third-order valence-corrected chi connectivity index (χ3v) is 12.9. The number of rotatable bonds is 2. The molecule has 1 heterocycles. The first-order chi connectivity index (χ1) is 21.5. The minimum Gasteiger partial charge on any atom is -0.0869 e. The summed E-state index contributed by atoms with van der Waals surface area (Å²) in [7, 11) is -1.78. The lowest BCUT2D eigenvalue weighted by Gasteiger charge is -2.28. The molecule has 1 heteroatoms. The minimum atomic E-state index is -1.78. The maximum absolute atomic E-state index is 2.61. The highest BCUT2D eigenvalue weighted by molar-refractivity contribution is 6.90. The molecular formula is C43H36Si. The summed E-state index contributed by atoms with van der Waals surface area (Å²) in [5, 5.41) is 12.0. The third-order valence-electron chi connectivity index (χ3n) is 9.77. The predicted molar refractivity (Wildman–Crippen MR) is 196 cm³/mol. The first-order valence-electron chi connectivity index (χ1n) is 15.8. The predicted octanol–water partition coefficient (Wildman–Crippen LogP) is 11.8. The van der Waals surface area contributed by atoms with E-state index < -0.39 is 8.07 Å².